The minimum absolute atomic E-state index is 0.210. The minimum Gasteiger partial charge on any atom is -0.228 e. The van der Waals surface area contributed by atoms with E-state index in [1.807, 2.05) is 13.8 Å². The van der Waals surface area contributed by atoms with Crippen LogP contribution in [0.1, 0.15) is 34.6 Å². The van der Waals surface area contributed by atoms with Crippen LogP contribution in [-0.4, -0.2) is 10.5 Å². The lowest BCUT2D eigenvalue weighted by Crippen LogP contribution is -2.45. The van der Waals surface area contributed by atoms with Crippen molar-refractivity contribution in [2.75, 3.05) is 0 Å². The van der Waals surface area contributed by atoms with E-state index in [4.69, 9.17) is 11.6 Å². The Morgan fingerprint density at radius 2 is 1.50 bits per heavy atom. The molecule has 0 aromatic heterocycles. The summed E-state index contributed by atoms with van der Waals surface area (Å²) in [4.78, 5) is -0.646. The van der Waals surface area contributed by atoms with Crippen molar-refractivity contribution in [3.8, 4) is 0 Å². The van der Waals surface area contributed by atoms with Crippen LogP contribution in [0.25, 0.3) is 0 Å². The summed E-state index contributed by atoms with van der Waals surface area (Å²) in [6, 6.07) is 0. The standard InChI is InChI=1S/C8H16ClO/c1-6(2)8(5,9)7(3,4)10/h6H,1-5H3. The van der Waals surface area contributed by atoms with Gasteiger partial charge in [-0.2, -0.15) is 0 Å². The lowest BCUT2D eigenvalue weighted by Gasteiger charge is -2.36. The number of alkyl halides is 1. The fourth-order valence-corrected chi connectivity index (χ4v) is 0.695. The molecule has 1 atom stereocenters. The maximum atomic E-state index is 11.4. The molecule has 0 aliphatic rings. The second kappa shape index (κ2) is 2.71. The summed E-state index contributed by atoms with van der Waals surface area (Å²) in [7, 11) is 0. The summed E-state index contributed by atoms with van der Waals surface area (Å²) in [6.07, 6.45) is 0. The third-order valence-electron chi connectivity index (χ3n) is 2.26. The lowest BCUT2D eigenvalue weighted by molar-refractivity contribution is -0.0417. The molecule has 2 heteroatoms. The first-order valence-electron chi connectivity index (χ1n) is 3.59. The molecule has 0 aromatic carbocycles. The molecule has 10 heavy (non-hydrogen) atoms. The van der Waals surface area contributed by atoms with Crippen LogP contribution in [0, 0.1) is 5.92 Å². The molecule has 1 nitrogen and oxygen atoms in total. The van der Waals surface area contributed by atoms with E-state index in [9.17, 15) is 5.11 Å². The second-order valence-electron chi connectivity index (χ2n) is 3.74. The average molecular weight is 164 g/mol. The maximum Gasteiger partial charge on any atom is 0.117 e. The van der Waals surface area contributed by atoms with Gasteiger partial charge in [0.2, 0.25) is 0 Å². The topological polar surface area (TPSA) is 19.9 Å². The van der Waals surface area contributed by atoms with Crippen molar-refractivity contribution in [2.45, 2.75) is 45.1 Å². The Morgan fingerprint density at radius 1 is 1.20 bits per heavy atom. The van der Waals surface area contributed by atoms with E-state index in [0.29, 0.717) is 0 Å². The normalized spacial score (nSPS) is 19.2. The molecule has 0 spiro atoms. The van der Waals surface area contributed by atoms with Gasteiger partial charge in [-0.15, -0.1) is 11.6 Å². The van der Waals surface area contributed by atoms with Gasteiger partial charge in [-0.25, -0.2) is 5.11 Å². The van der Waals surface area contributed by atoms with Crippen LogP contribution < -0.4 is 0 Å². The molecule has 0 saturated heterocycles. The first-order valence-corrected chi connectivity index (χ1v) is 3.96. The molecule has 1 unspecified atom stereocenters. The first-order chi connectivity index (χ1) is 4.19. The van der Waals surface area contributed by atoms with E-state index in [-0.39, 0.29) is 5.92 Å². The maximum absolute atomic E-state index is 11.4. The average Bonchev–Trinajstić information content (AvgIpc) is 1.62. The van der Waals surface area contributed by atoms with Crippen molar-refractivity contribution in [2.24, 2.45) is 5.92 Å². The van der Waals surface area contributed by atoms with Gasteiger partial charge in [-0.1, -0.05) is 13.8 Å². The van der Waals surface area contributed by atoms with E-state index in [1.165, 1.54) is 0 Å². The fraction of sp³-hybridized carbons (Fsp3) is 1.00. The van der Waals surface area contributed by atoms with Gasteiger partial charge in [-0.3, -0.25) is 0 Å². The van der Waals surface area contributed by atoms with E-state index < -0.39 is 10.5 Å². The zero-order valence-electron chi connectivity index (χ0n) is 7.36. The third kappa shape index (κ3) is 1.86. The highest BCUT2D eigenvalue weighted by Crippen LogP contribution is 2.35. The highest BCUT2D eigenvalue weighted by Gasteiger charge is 2.41. The molecular formula is C8H16ClO. The van der Waals surface area contributed by atoms with Gasteiger partial charge in [0, 0.05) is 0 Å². The number of hydrogen-bond donors (Lipinski definition) is 0. The molecule has 0 N–H and O–H groups in total. The molecule has 1 radical (unpaired) electrons. The Kier molecular flexibility index (Phi) is 2.77. The summed E-state index contributed by atoms with van der Waals surface area (Å²) in [6.45, 7) is 8.98. The number of halogens is 1. The first kappa shape index (κ1) is 10.2. The lowest BCUT2D eigenvalue weighted by atomic mass is 9.83. The molecule has 0 fully saturated rings. The zero-order chi connectivity index (χ0) is 8.58. The highest BCUT2D eigenvalue weighted by molar-refractivity contribution is 6.24. The van der Waals surface area contributed by atoms with Crippen molar-refractivity contribution in [3.63, 3.8) is 0 Å². The Labute approximate surface area is 68.4 Å². The largest absolute Gasteiger partial charge is 0.228 e. The van der Waals surface area contributed by atoms with Crippen LogP contribution in [0.4, 0.5) is 0 Å². The predicted octanol–water partition coefficient (Wildman–Crippen LogP) is 2.85. The molecule has 0 bridgehead atoms. The zero-order valence-corrected chi connectivity index (χ0v) is 8.12. The smallest absolute Gasteiger partial charge is 0.117 e. The van der Waals surface area contributed by atoms with Crippen LogP contribution in [-0.2, 0) is 5.11 Å². The Bertz CT molecular complexity index is 111. The summed E-state index contributed by atoms with van der Waals surface area (Å²) < 4.78 is 0. The van der Waals surface area contributed by atoms with E-state index >= 15 is 0 Å². The molecule has 0 aliphatic heterocycles. The molecule has 0 amide bonds. The Hall–Kier alpha value is 0.250. The number of hydrogen-bond acceptors (Lipinski definition) is 0. The van der Waals surface area contributed by atoms with Crippen LogP contribution in [0.15, 0.2) is 0 Å². The van der Waals surface area contributed by atoms with Crippen molar-refractivity contribution >= 4 is 11.6 Å². The van der Waals surface area contributed by atoms with Gasteiger partial charge < -0.3 is 0 Å². The monoisotopic (exact) mass is 163 g/mol. The van der Waals surface area contributed by atoms with Crippen LogP contribution >= 0.6 is 11.6 Å². The molecule has 0 saturated carbocycles. The van der Waals surface area contributed by atoms with Crippen molar-refractivity contribution in [1.82, 2.24) is 0 Å². The quantitative estimate of drug-likeness (QED) is 0.558. The molecule has 0 aliphatic carbocycles. The van der Waals surface area contributed by atoms with Crippen molar-refractivity contribution in [3.05, 3.63) is 0 Å². The summed E-state index contributed by atoms with van der Waals surface area (Å²) in [5, 5.41) is 11.4. The fourth-order valence-electron chi connectivity index (χ4n) is 0.695. The summed E-state index contributed by atoms with van der Waals surface area (Å²) >= 11 is 6.03. The van der Waals surface area contributed by atoms with E-state index in [0.717, 1.165) is 0 Å². The van der Waals surface area contributed by atoms with Gasteiger partial charge >= 0.3 is 0 Å². The molecule has 0 rings (SSSR count). The van der Waals surface area contributed by atoms with E-state index in [2.05, 4.69) is 0 Å². The third-order valence-corrected chi connectivity index (χ3v) is 3.15. The highest BCUT2D eigenvalue weighted by atomic mass is 35.5. The van der Waals surface area contributed by atoms with Crippen LogP contribution in [0.5, 0.6) is 0 Å². The van der Waals surface area contributed by atoms with Crippen molar-refractivity contribution < 1.29 is 5.11 Å². The molecule has 61 valence electrons. The SMILES string of the molecule is CC(C)C(C)(Cl)C(C)(C)[O]. The Morgan fingerprint density at radius 3 is 1.50 bits per heavy atom. The summed E-state index contributed by atoms with van der Waals surface area (Å²) in [5.41, 5.74) is -1.07. The van der Waals surface area contributed by atoms with E-state index in [1.54, 1.807) is 20.8 Å². The van der Waals surface area contributed by atoms with Crippen molar-refractivity contribution in [1.29, 1.82) is 0 Å². The Balaban J connectivity index is 4.40. The van der Waals surface area contributed by atoms with Gasteiger partial charge in [0.05, 0.1) is 4.87 Å². The van der Waals surface area contributed by atoms with Crippen LogP contribution in [0.3, 0.4) is 0 Å². The molecule has 0 heterocycles. The minimum atomic E-state index is -1.07. The summed E-state index contributed by atoms with van der Waals surface area (Å²) in [5.74, 6) is 0.210. The molecular weight excluding hydrogens is 148 g/mol. The van der Waals surface area contributed by atoms with Gasteiger partial charge in [0.25, 0.3) is 0 Å². The van der Waals surface area contributed by atoms with Crippen LogP contribution in [0.2, 0.25) is 0 Å². The molecule has 0 aromatic rings. The predicted molar refractivity (Wildman–Crippen MR) is 43.9 cm³/mol. The second-order valence-corrected chi connectivity index (χ2v) is 4.53. The number of rotatable bonds is 2. The van der Waals surface area contributed by atoms with Gasteiger partial charge in [-0.05, 0) is 26.7 Å². The van der Waals surface area contributed by atoms with Gasteiger partial charge in [0.15, 0.2) is 0 Å². The van der Waals surface area contributed by atoms with Gasteiger partial charge in [0.1, 0.15) is 5.60 Å².